The molecule has 136 valence electrons. The molecule has 0 aliphatic rings. The maximum absolute atomic E-state index is 12.4. The van der Waals surface area contributed by atoms with Gasteiger partial charge in [-0.2, -0.15) is 10.2 Å². The average molecular weight is 478 g/mol. The second-order valence-electron chi connectivity index (χ2n) is 5.58. The largest absolute Gasteiger partial charge is 0.306 e. The van der Waals surface area contributed by atoms with Crippen LogP contribution in [-0.4, -0.2) is 25.5 Å². The number of amides is 1. The fraction of sp³-hybridized carbons (Fsp3) is 0.188. The van der Waals surface area contributed by atoms with Crippen LogP contribution < -0.4 is 5.32 Å². The predicted octanol–water partition coefficient (Wildman–Crippen LogP) is 5.05. The first-order valence-electron chi connectivity index (χ1n) is 7.51. The number of carbonyl (C=O) groups excluding carboxylic acids is 1. The molecule has 3 rings (SSSR count). The van der Waals surface area contributed by atoms with Gasteiger partial charge in [-0.15, -0.1) is 0 Å². The lowest BCUT2D eigenvalue weighted by molar-refractivity contribution is -0.119. The number of halogens is 4. The summed E-state index contributed by atoms with van der Waals surface area (Å²) in [6, 6.07) is 4.85. The Kier molecular flexibility index (Phi) is 5.92. The second-order valence-corrected chi connectivity index (χ2v) is 7.68. The summed E-state index contributed by atoms with van der Waals surface area (Å²) < 4.78 is 3.84. The van der Waals surface area contributed by atoms with Crippen LogP contribution in [0.5, 0.6) is 0 Å². The molecule has 0 bridgehead atoms. The van der Waals surface area contributed by atoms with E-state index in [0.29, 0.717) is 31.9 Å². The SMILES string of the molecule is CC(C(=O)Nc1nn(Cc2ccc(Cl)c(Cl)c2)cc1Br)n1cc(Cl)cn1. The molecule has 26 heavy (non-hydrogen) atoms. The topological polar surface area (TPSA) is 64.7 Å². The third-order valence-electron chi connectivity index (χ3n) is 3.63. The number of carbonyl (C=O) groups is 1. The first kappa shape index (κ1) is 19.2. The summed E-state index contributed by atoms with van der Waals surface area (Å²) in [6.45, 7) is 2.20. The lowest BCUT2D eigenvalue weighted by Gasteiger charge is -2.11. The lowest BCUT2D eigenvalue weighted by atomic mass is 10.2. The van der Waals surface area contributed by atoms with Gasteiger partial charge in [0, 0.05) is 12.4 Å². The maximum atomic E-state index is 12.4. The van der Waals surface area contributed by atoms with Crippen molar-refractivity contribution in [3.05, 3.63) is 61.9 Å². The maximum Gasteiger partial charge on any atom is 0.250 e. The van der Waals surface area contributed by atoms with E-state index in [1.54, 1.807) is 36.1 Å². The van der Waals surface area contributed by atoms with Crippen LogP contribution in [0.4, 0.5) is 5.82 Å². The lowest BCUT2D eigenvalue weighted by Crippen LogP contribution is -2.24. The second kappa shape index (κ2) is 8.00. The number of hydrogen-bond acceptors (Lipinski definition) is 3. The minimum Gasteiger partial charge on any atom is -0.306 e. The molecule has 1 amide bonds. The first-order chi connectivity index (χ1) is 12.3. The van der Waals surface area contributed by atoms with Crippen LogP contribution in [0.15, 0.2) is 41.3 Å². The van der Waals surface area contributed by atoms with Crippen LogP contribution in [0.1, 0.15) is 18.5 Å². The molecule has 0 spiro atoms. The standard InChI is InChI=1S/C16H13BrCl3N5O/c1-9(25-7-11(18)5-21-25)16(26)22-15-12(17)8-24(23-15)6-10-2-3-13(19)14(20)4-10/h2-5,7-9H,6H2,1H3,(H,22,23,26). The summed E-state index contributed by atoms with van der Waals surface area (Å²) in [5.74, 6) is 0.158. The smallest absolute Gasteiger partial charge is 0.250 e. The van der Waals surface area contributed by atoms with Gasteiger partial charge in [-0.1, -0.05) is 40.9 Å². The summed E-state index contributed by atoms with van der Waals surface area (Å²) >= 11 is 21.2. The number of aromatic nitrogens is 4. The van der Waals surface area contributed by atoms with E-state index in [-0.39, 0.29) is 5.91 Å². The molecule has 6 nitrogen and oxygen atoms in total. The average Bonchev–Trinajstić information content (AvgIpc) is 3.16. The molecule has 1 aromatic carbocycles. The molecule has 0 fully saturated rings. The monoisotopic (exact) mass is 475 g/mol. The van der Waals surface area contributed by atoms with Gasteiger partial charge in [0.05, 0.1) is 32.3 Å². The van der Waals surface area contributed by atoms with Gasteiger partial charge >= 0.3 is 0 Å². The summed E-state index contributed by atoms with van der Waals surface area (Å²) in [5.41, 5.74) is 0.937. The highest BCUT2D eigenvalue weighted by Crippen LogP contribution is 2.25. The zero-order valence-corrected chi connectivity index (χ0v) is 17.3. The number of benzene rings is 1. The summed E-state index contributed by atoms with van der Waals surface area (Å²) in [6.07, 6.45) is 4.84. The Morgan fingerprint density at radius 1 is 1.27 bits per heavy atom. The molecule has 10 heteroatoms. The van der Waals surface area contributed by atoms with Crippen molar-refractivity contribution in [1.82, 2.24) is 19.6 Å². The van der Waals surface area contributed by atoms with E-state index in [4.69, 9.17) is 34.8 Å². The predicted molar refractivity (Wildman–Crippen MR) is 106 cm³/mol. The van der Waals surface area contributed by atoms with E-state index >= 15 is 0 Å². The molecule has 0 saturated carbocycles. The Balaban J connectivity index is 1.71. The van der Waals surface area contributed by atoms with E-state index in [1.165, 1.54) is 10.9 Å². The minimum absolute atomic E-state index is 0.259. The quantitative estimate of drug-likeness (QED) is 0.559. The Morgan fingerprint density at radius 3 is 2.69 bits per heavy atom. The van der Waals surface area contributed by atoms with Gasteiger partial charge in [0.1, 0.15) is 6.04 Å². The minimum atomic E-state index is -0.533. The van der Waals surface area contributed by atoms with Gasteiger partial charge in [-0.05, 0) is 40.5 Å². The Hall–Kier alpha value is -1.54. The van der Waals surface area contributed by atoms with Crippen molar-refractivity contribution in [2.45, 2.75) is 19.5 Å². The molecule has 1 atom stereocenters. The molecule has 1 N–H and O–H groups in total. The highest BCUT2D eigenvalue weighted by molar-refractivity contribution is 9.10. The molecule has 1 unspecified atom stereocenters. The van der Waals surface area contributed by atoms with E-state index in [9.17, 15) is 4.79 Å². The summed E-state index contributed by atoms with van der Waals surface area (Å²) in [5, 5.41) is 12.6. The number of anilines is 1. The van der Waals surface area contributed by atoms with E-state index in [1.807, 2.05) is 6.07 Å². The van der Waals surface area contributed by atoms with Crippen molar-refractivity contribution in [1.29, 1.82) is 0 Å². The van der Waals surface area contributed by atoms with Gasteiger partial charge in [-0.25, -0.2) is 0 Å². The van der Waals surface area contributed by atoms with E-state index in [0.717, 1.165) is 5.56 Å². The molecule has 0 aliphatic carbocycles. The Labute approximate surface area is 173 Å². The van der Waals surface area contributed by atoms with Crippen molar-refractivity contribution in [3.63, 3.8) is 0 Å². The fourth-order valence-corrected chi connectivity index (χ4v) is 3.13. The molecule has 2 aromatic heterocycles. The molecular formula is C16H13BrCl3N5O. The molecule has 3 aromatic rings. The zero-order chi connectivity index (χ0) is 18.8. The highest BCUT2D eigenvalue weighted by atomic mass is 79.9. The normalized spacial score (nSPS) is 12.2. The molecular weight excluding hydrogens is 464 g/mol. The third kappa shape index (κ3) is 4.40. The number of nitrogens with zero attached hydrogens (tertiary/aromatic N) is 4. The molecule has 0 aliphatic heterocycles. The summed E-state index contributed by atoms with van der Waals surface area (Å²) in [7, 11) is 0. The van der Waals surface area contributed by atoms with Gasteiger partial charge in [0.25, 0.3) is 0 Å². The number of hydrogen-bond donors (Lipinski definition) is 1. The van der Waals surface area contributed by atoms with Gasteiger partial charge in [-0.3, -0.25) is 14.2 Å². The van der Waals surface area contributed by atoms with Crippen LogP contribution in [0.2, 0.25) is 15.1 Å². The Bertz CT molecular complexity index is 955. The Morgan fingerprint density at radius 2 is 2.04 bits per heavy atom. The first-order valence-corrected chi connectivity index (χ1v) is 9.43. The van der Waals surface area contributed by atoms with Crippen LogP contribution in [0.3, 0.4) is 0 Å². The fourth-order valence-electron chi connectivity index (χ4n) is 2.26. The van der Waals surface area contributed by atoms with Crippen LogP contribution in [0.25, 0.3) is 0 Å². The van der Waals surface area contributed by atoms with Crippen LogP contribution in [0, 0.1) is 0 Å². The van der Waals surface area contributed by atoms with Crippen LogP contribution >= 0.6 is 50.7 Å². The van der Waals surface area contributed by atoms with Crippen molar-refractivity contribution >= 4 is 62.5 Å². The van der Waals surface area contributed by atoms with E-state index in [2.05, 4.69) is 31.4 Å². The molecule has 0 radical (unpaired) electrons. The molecule has 0 saturated heterocycles. The third-order valence-corrected chi connectivity index (χ3v) is 5.15. The van der Waals surface area contributed by atoms with Crippen molar-refractivity contribution < 1.29 is 4.79 Å². The zero-order valence-electron chi connectivity index (χ0n) is 13.5. The van der Waals surface area contributed by atoms with E-state index < -0.39 is 6.04 Å². The van der Waals surface area contributed by atoms with Crippen molar-refractivity contribution in [3.8, 4) is 0 Å². The number of rotatable bonds is 5. The van der Waals surface area contributed by atoms with Crippen molar-refractivity contribution in [2.24, 2.45) is 0 Å². The van der Waals surface area contributed by atoms with Gasteiger partial charge < -0.3 is 5.32 Å². The van der Waals surface area contributed by atoms with Gasteiger partial charge in [0.2, 0.25) is 5.91 Å². The van der Waals surface area contributed by atoms with Gasteiger partial charge in [0.15, 0.2) is 5.82 Å². The van der Waals surface area contributed by atoms with Crippen LogP contribution in [-0.2, 0) is 11.3 Å². The highest BCUT2D eigenvalue weighted by Gasteiger charge is 2.19. The summed E-state index contributed by atoms with van der Waals surface area (Å²) in [4.78, 5) is 12.4. The number of nitrogens with one attached hydrogen (secondary N) is 1. The van der Waals surface area contributed by atoms with Crippen molar-refractivity contribution in [2.75, 3.05) is 5.32 Å². The molecule has 2 heterocycles.